The highest BCUT2D eigenvalue weighted by Crippen LogP contribution is 2.28. The second kappa shape index (κ2) is 7.34. The van der Waals surface area contributed by atoms with Crippen molar-refractivity contribution in [2.24, 2.45) is 0 Å². The average molecular weight is 407 g/mol. The molecule has 0 fully saturated rings. The van der Waals surface area contributed by atoms with Crippen molar-refractivity contribution < 1.29 is 14.4 Å². The Kier molecular flexibility index (Phi) is 4.72. The molecule has 0 aliphatic carbocycles. The van der Waals surface area contributed by atoms with E-state index in [0.29, 0.717) is 27.4 Å². The molecule has 0 radical (unpaired) electrons. The van der Waals surface area contributed by atoms with Gasteiger partial charge in [-0.3, -0.25) is 19.7 Å². The second-order valence-electron chi connectivity index (χ2n) is 5.92. The number of thiophene rings is 1. The summed E-state index contributed by atoms with van der Waals surface area (Å²) in [6.45, 7) is 0. The van der Waals surface area contributed by atoms with E-state index in [-0.39, 0.29) is 22.8 Å². The first kappa shape index (κ1) is 18.0. The Morgan fingerprint density at radius 2 is 1.54 bits per heavy atom. The fourth-order valence-corrected chi connectivity index (χ4v) is 3.68. The number of anilines is 2. The highest BCUT2D eigenvalue weighted by molar-refractivity contribution is 7.80. The van der Waals surface area contributed by atoms with E-state index < -0.39 is 0 Å². The molecule has 2 aromatic carbocycles. The Hall–Kier alpha value is -3.36. The van der Waals surface area contributed by atoms with Crippen molar-refractivity contribution in [2.45, 2.75) is 0 Å². The van der Waals surface area contributed by atoms with Crippen molar-refractivity contribution in [3.8, 4) is 0 Å². The molecular formula is C20H13N3O3S2. The van der Waals surface area contributed by atoms with Crippen molar-refractivity contribution >= 4 is 57.8 Å². The zero-order valence-corrected chi connectivity index (χ0v) is 16.0. The molecule has 138 valence electrons. The fraction of sp³-hybridized carbons (Fsp3) is 0. The molecule has 28 heavy (non-hydrogen) atoms. The Labute approximate surface area is 169 Å². The molecule has 2 heterocycles. The molecule has 8 heteroatoms. The Bertz CT molecular complexity index is 1060. The van der Waals surface area contributed by atoms with Gasteiger partial charge < -0.3 is 5.32 Å². The third-order valence-electron chi connectivity index (χ3n) is 4.15. The first-order valence-corrected chi connectivity index (χ1v) is 9.57. The predicted octanol–water partition coefficient (Wildman–Crippen LogP) is 3.68. The summed E-state index contributed by atoms with van der Waals surface area (Å²) in [5.41, 5.74) is 1.88. The van der Waals surface area contributed by atoms with Crippen LogP contribution in [0.5, 0.6) is 0 Å². The minimum Gasteiger partial charge on any atom is -0.332 e. The summed E-state index contributed by atoms with van der Waals surface area (Å²) in [6.07, 6.45) is 0. The topological polar surface area (TPSA) is 78.5 Å². The van der Waals surface area contributed by atoms with Gasteiger partial charge in [-0.05, 0) is 60.1 Å². The molecule has 4 rings (SSSR count). The Morgan fingerprint density at radius 1 is 0.893 bits per heavy atom. The maximum Gasteiger partial charge on any atom is 0.267 e. The van der Waals surface area contributed by atoms with Crippen molar-refractivity contribution in [2.75, 3.05) is 10.2 Å². The summed E-state index contributed by atoms with van der Waals surface area (Å²) in [6, 6.07) is 16.9. The molecule has 0 atom stereocenters. The van der Waals surface area contributed by atoms with Crippen LogP contribution in [-0.2, 0) is 0 Å². The van der Waals surface area contributed by atoms with Crippen molar-refractivity contribution in [3.63, 3.8) is 0 Å². The van der Waals surface area contributed by atoms with E-state index in [1.54, 1.807) is 60.7 Å². The quantitative estimate of drug-likeness (QED) is 0.512. The van der Waals surface area contributed by atoms with E-state index in [4.69, 9.17) is 12.2 Å². The van der Waals surface area contributed by atoms with Gasteiger partial charge in [0.1, 0.15) is 0 Å². The van der Waals surface area contributed by atoms with Gasteiger partial charge in [-0.2, -0.15) is 0 Å². The first-order valence-electron chi connectivity index (χ1n) is 8.28. The van der Waals surface area contributed by atoms with Crippen LogP contribution in [0.2, 0.25) is 0 Å². The van der Waals surface area contributed by atoms with Crippen LogP contribution in [0.25, 0.3) is 0 Å². The van der Waals surface area contributed by atoms with Crippen LogP contribution >= 0.6 is 23.6 Å². The third kappa shape index (κ3) is 3.30. The van der Waals surface area contributed by atoms with Gasteiger partial charge in [0.25, 0.3) is 17.7 Å². The van der Waals surface area contributed by atoms with Crippen LogP contribution in [0, 0.1) is 0 Å². The molecule has 6 nitrogen and oxygen atoms in total. The molecule has 0 unspecified atom stereocenters. The number of rotatable bonds is 3. The van der Waals surface area contributed by atoms with Crippen LogP contribution in [0.4, 0.5) is 11.4 Å². The van der Waals surface area contributed by atoms with Gasteiger partial charge in [0, 0.05) is 5.69 Å². The fourth-order valence-electron chi connectivity index (χ4n) is 2.85. The number of carbonyl (C=O) groups is 3. The summed E-state index contributed by atoms with van der Waals surface area (Å²) in [5, 5.41) is 7.48. The van der Waals surface area contributed by atoms with Crippen LogP contribution < -0.4 is 15.5 Å². The molecule has 1 aliphatic heterocycles. The molecule has 0 spiro atoms. The third-order valence-corrected chi connectivity index (χ3v) is 5.22. The Morgan fingerprint density at radius 3 is 2.11 bits per heavy atom. The number of nitrogens with zero attached hydrogens (tertiary/aromatic N) is 1. The SMILES string of the molecule is O=C(NC(=S)Nc1ccc(N2C(=O)c3ccccc3C2=O)cc1)c1cccs1. The molecule has 1 aromatic heterocycles. The lowest BCUT2D eigenvalue weighted by molar-refractivity contribution is 0.0924. The van der Waals surface area contributed by atoms with Crippen LogP contribution in [0.3, 0.4) is 0 Å². The van der Waals surface area contributed by atoms with E-state index in [1.807, 2.05) is 5.38 Å². The lowest BCUT2D eigenvalue weighted by atomic mass is 10.1. The van der Waals surface area contributed by atoms with Crippen LogP contribution in [0.1, 0.15) is 30.4 Å². The van der Waals surface area contributed by atoms with Gasteiger partial charge in [-0.25, -0.2) is 4.90 Å². The number of thiocarbonyl (C=S) groups is 1. The van der Waals surface area contributed by atoms with E-state index in [0.717, 1.165) is 4.90 Å². The summed E-state index contributed by atoms with van der Waals surface area (Å²) >= 11 is 6.48. The van der Waals surface area contributed by atoms with E-state index in [1.165, 1.54) is 11.3 Å². The number of benzene rings is 2. The smallest absolute Gasteiger partial charge is 0.267 e. The second-order valence-corrected chi connectivity index (χ2v) is 7.28. The molecule has 0 saturated carbocycles. The normalized spacial score (nSPS) is 12.6. The largest absolute Gasteiger partial charge is 0.332 e. The molecule has 2 N–H and O–H groups in total. The molecular weight excluding hydrogens is 394 g/mol. The molecule has 3 amide bonds. The first-order chi connectivity index (χ1) is 13.5. The van der Waals surface area contributed by atoms with Gasteiger partial charge >= 0.3 is 0 Å². The zero-order valence-electron chi connectivity index (χ0n) is 14.3. The highest BCUT2D eigenvalue weighted by atomic mass is 32.1. The summed E-state index contributed by atoms with van der Waals surface area (Å²) in [7, 11) is 0. The molecule has 0 saturated heterocycles. The summed E-state index contributed by atoms with van der Waals surface area (Å²) < 4.78 is 0. The lowest BCUT2D eigenvalue weighted by Crippen LogP contribution is -2.33. The van der Waals surface area contributed by atoms with E-state index in [9.17, 15) is 14.4 Å². The van der Waals surface area contributed by atoms with Gasteiger partial charge in [-0.15, -0.1) is 11.3 Å². The minimum absolute atomic E-state index is 0.159. The molecule has 1 aliphatic rings. The van der Waals surface area contributed by atoms with Crippen molar-refractivity contribution in [1.82, 2.24) is 5.32 Å². The summed E-state index contributed by atoms with van der Waals surface area (Å²) in [5.74, 6) is -0.977. The number of amides is 3. The molecule has 3 aromatic rings. The van der Waals surface area contributed by atoms with Crippen molar-refractivity contribution in [1.29, 1.82) is 0 Å². The summed E-state index contributed by atoms with van der Waals surface area (Å²) in [4.78, 5) is 38.8. The number of fused-ring (bicyclic) bond motifs is 1. The maximum atomic E-state index is 12.5. The standard InChI is InChI=1S/C20H13N3O3S2/c24-17(16-6-3-11-28-16)22-20(27)21-12-7-9-13(10-8-12)23-18(25)14-4-1-2-5-15(14)19(23)26/h1-11H,(H2,21,22,24,27). The number of hydrogen-bond acceptors (Lipinski definition) is 5. The maximum absolute atomic E-state index is 12.5. The van der Waals surface area contributed by atoms with Crippen molar-refractivity contribution in [3.05, 3.63) is 82.0 Å². The van der Waals surface area contributed by atoms with Crippen LogP contribution in [0.15, 0.2) is 66.0 Å². The number of carbonyl (C=O) groups excluding carboxylic acids is 3. The highest BCUT2D eigenvalue weighted by Gasteiger charge is 2.36. The lowest BCUT2D eigenvalue weighted by Gasteiger charge is -2.15. The Balaban J connectivity index is 1.45. The van der Waals surface area contributed by atoms with E-state index in [2.05, 4.69) is 10.6 Å². The van der Waals surface area contributed by atoms with Gasteiger partial charge in [-0.1, -0.05) is 18.2 Å². The average Bonchev–Trinajstić information content (AvgIpc) is 3.31. The number of nitrogens with one attached hydrogen (secondary N) is 2. The van der Waals surface area contributed by atoms with E-state index >= 15 is 0 Å². The van der Waals surface area contributed by atoms with Gasteiger partial charge in [0.05, 0.1) is 21.7 Å². The molecule has 0 bridgehead atoms. The zero-order chi connectivity index (χ0) is 19.7. The van der Waals surface area contributed by atoms with Crippen LogP contribution in [-0.4, -0.2) is 22.8 Å². The number of imide groups is 1. The minimum atomic E-state index is -0.347. The van der Waals surface area contributed by atoms with Gasteiger partial charge in [0.2, 0.25) is 0 Å². The monoisotopic (exact) mass is 407 g/mol. The predicted molar refractivity (Wildman–Crippen MR) is 112 cm³/mol. The van der Waals surface area contributed by atoms with Gasteiger partial charge in [0.15, 0.2) is 5.11 Å². The number of hydrogen-bond donors (Lipinski definition) is 2.